The number of aryl methyl sites for hydroxylation is 2. The van der Waals surface area contributed by atoms with Crippen molar-refractivity contribution in [2.75, 3.05) is 12.4 Å². The smallest absolute Gasteiger partial charge is 0.279 e. The first-order chi connectivity index (χ1) is 8.52. The van der Waals surface area contributed by atoms with Crippen molar-refractivity contribution in [3.05, 3.63) is 15.2 Å². The number of hydrogen-bond donors (Lipinski definition) is 1. The minimum Gasteiger partial charge on any atom is -0.480 e. The minimum absolute atomic E-state index is 0.238. The molecule has 0 radical (unpaired) electrons. The molecule has 0 unspecified atom stereocenters. The summed E-state index contributed by atoms with van der Waals surface area (Å²) in [5.74, 6) is 0.116. The summed E-state index contributed by atoms with van der Waals surface area (Å²) in [6, 6.07) is 0. The molecule has 18 heavy (non-hydrogen) atoms. The van der Waals surface area contributed by atoms with Crippen LogP contribution in [-0.4, -0.2) is 33.0 Å². The fourth-order valence-electron chi connectivity index (χ4n) is 1.35. The highest BCUT2D eigenvalue weighted by atomic mass is 79.9. The normalized spacial score (nSPS) is 10.4. The second-order valence-electron chi connectivity index (χ2n) is 3.38. The molecule has 96 valence electrons. The summed E-state index contributed by atoms with van der Waals surface area (Å²) in [5, 5.41) is 15.6. The predicted molar refractivity (Wildman–Crippen MR) is 70.1 cm³/mol. The summed E-state index contributed by atoms with van der Waals surface area (Å²) in [5.41, 5.74) is 0.238. The van der Waals surface area contributed by atoms with Crippen molar-refractivity contribution in [1.29, 1.82) is 0 Å². The summed E-state index contributed by atoms with van der Waals surface area (Å²) in [7, 11) is 3.20. The van der Waals surface area contributed by atoms with E-state index >= 15 is 0 Å². The molecule has 2 rings (SSSR count). The van der Waals surface area contributed by atoms with Crippen LogP contribution in [0.25, 0.3) is 0 Å². The number of nitrogens with one attached hydrogen (secondary N) is 1. The van der Waals surface area contributed by atoms with Gasteiger partial charge in [-0.1, -0.05) is 11.3 Å². The first-order valence-corrected chi connectivity index (χ1v) is 6.51. The highest BCUT2D eigenvalue weighted by molar-refractivity contribution is 9.10. The molecule has 9 heteroatoms. The van der Waals surface area contributed by atoms with Crippen molar-refractivity contribution in [1.82, 2.24) is 20.0 Å². The van der Waals surface area contributed by atoms with E-state index in [9.17, 15) is 4.79 Å². The molecule has 0 saturated heterocycles. The molecule has 7 nitrogen and oxygen atoms in total. The van der Waals surface area contributed by atoms with E-state index in [-0.39, 0.29) is 11.6 Å². The Bertz CT molecular complexity index is 594. The molecule has 0 aliphatic heterocycles. The Kier molecular flexibility index (Phi) is 3.62. The van der Waals surface area contributed by atoms with Crippen molar-refractivity contribution in [3.8, 4) is 5.88 Å². The van der Waals surface area contributed by atoms with E-state index in [4.69, 9.17) is 4.74 Å². The van der Waals surface area contributed by atoms with Crippen molar-refractivity contribution >= 4 is 38.3 Å². The average molecular weight is 332 g/mol. The molecule has 0 aliphatic carbocycles. The van der Waals surface area contributed by atoms with Gasteiger partial charge in [-0.2, -0.15) is 5.10 Å². The first-order valence-electron chi connectivity index (χ1n) is 4.91. The maximum Gasteiger partial charge on any atom is 0.279 e. The zero-order valence-corrected chi connectivity index (χ0v) is 12.3. The maximum absolute atomic E-state index is 12.0. The Morgan fingerprint density at radius 3 is 2.72 bits per heavy atom. The van der Waals surface area contributed by atoms with E-state index in [1.165, 1.54) is 23.1 Å². The number of amides is 1. The maximum atomic E-state index is 12.0. The third-order valence-electron chi connectivity index (χ3n) is 2.09. The van der Waals surface area contributed by atoms with Crippen molar-refractivity contribution < 1.29 is 9.53 Å². The van der Waals surface area contributed by atoms with Crippen LogP contribution in [0.3, 0.4) is 0 Å². The van der Waals surface area contributed by atoms with Crippen molar-refractivity contribution in [2.24, 2.45) is 7.05 Å². The average Bonchev–Trinajstić information content (AvgIpc) is 2.83. The summed E-state index contributed by atoms with van der Waals surface area (Å²) >= 11 is 4.58. The van der Waals surface area contributed by atoms with Gasteiger partial charge >= 0.3 is 0 Å². The third-order valence-corrected chi connectivity index (χ3v) is 3.56. The molecule has 0 bridgehead atoms. The predicted octanol–water partition coefficient (Wildman–Crippen LogP) is 1.60. The highest BCUT2D eigenvalue weighted by Crippen LogP contribution is 2.28. The van der Waals surface area contributed by atoms with E-state index in [0.717, 1.165) is 5.01 Å². The van der Waals surface area contributed by atoms with Crippen molar-refractivity contribution in [2.45, 2.75) is 6.92 Å². The van der Waals surface area contributed by atoms with Crippen LogP contribution < -0.4 is 10.1 Å². The standard InChI is InChI=1S/C9H10BrN5O2S/c1-4-12-13-9(18-4)11-7(16)6-5(10)8(17-3)15(2)14-6/h1-3H3,(H,11,13,16). The molecule has 0 spiro atoms. The van der Waals surface area contributed by atoms with Gasteiger partial charge in [0.25, 0.3) is 5.91 Å². The van der Waals surface area contributed by atoms with E-state index in [1.54, 1.807) is 7.05 Å². The van der Waals surface area contributed by atoms with Crippen LogP contribution >= 0.6 is 27.3 Å². The number of halogens is 1. The Labute approximate surface area is 115 Å². The number of anilines is 1. The number of carbonyl (C=O) groups is 1. The lowest BCUT2D eigenvalue weighted by Gasteiger charge is -1.98. The summed E-state index contributed by atoms with van der Waals surface area (Å²) in [6.07, 6.45) is 0. The Hall–Kier alpha value is -1.48. The van der Waals surface area contributed by atoms with Gasteiger partial charge in [0, 0.05) is 7.05 Å². The summed E-state index contributed by atoms with van der Waals surface area (Å²) in [4.78, 5) is 12.0. The molecule has 0 saturated carbocycles. The largest absolute Gasteiger partial charge is 0.480 e. The number of rotatable bonds is 3. The lowest BCUT2D eigenvalue weighted by molar-refractivity contribution is 0.102. The zero-order chi connectivity index (χ0) is 13.3. The van der Waals surface area contributed by atoms with Gasteiger partial charge in [0.05, 0.1) is 7.11 Å². The number of carbonyl (C=O) groups excluding carboxylic acids is 1. The second kappa shape index (κ2) is 5.02. The number of nitrogens with zero attached hydrogens (tertiary/aromatic N) is 4. The third kappa shape index (κ3) is 2.36. The molecular formula is C9H10BrN5O2S. The van der Waals surface area contributed by atoms with E-state index in [0.29, 0.717) is 15.5 Å². The van der Waals surface area contributed by atoms with Crippen LogP contribution in [-0.2, 0) is 7.05 Å². The zero-order valence-electron chi connectivity index (χ0n) is 9.89. The van der Waals surface area contributed by atoms with Crippen molar-refractivity contribution in [3.63, 3.8) is 0 Å². The van der Waals surface area contributed by atoms with Gasteiger partial charge in [-0.05, 0) is 22.9 Å². The molecular weight excluding hydrogens is 322 g/mol. The Morgan fingerprint density at radius 1 is 1.50 bits per heavy atom. The van der Waals surface area contributed by atoms with Gasteiger partial charge in [0.1, 0.15) is 9.48 Å². The lowest BCUT2D eigenvalue weighted by atomic mass is 10.4. The molecule has 1 N–H and O–H groups in total. The SMILES string of the molecule is COc1c(Br)c(C(=O)Nc2nnc(C)s2)nn1C. The van der Waals surface area contributed by atoms with Crippen LogP contribution in [0.4, 0.5) is 5.13 Å². The number of methoxy groups -OCH3 is 1. The number of aromatic nitrogens is 4. The highest BCUT2D eigenvalue weighted by Gasteiger charge is 2.21. The molecule has 0 aliphatic rings. The fourth-order valence-corrected chi connectivity index (χ4v) is 2.62. The number of ether oxygens (including phenoxy) is 1. The topological polar surface area (TPSA) is 81.9 Å². The van der Waals surface area contributed by atoms with Crippen LogP contribution in [0.5, 0.6) is 5.88 Å². The lowest BCUT2D eigenvalue weighted by Crippen LogP contribution is -2.13. The van der Waals surface area contributed by atoms with E-state index in [1.807, 2.05) is 6.92 Å². The monoisotopic (exact) mass is 331 g/mol. The molecule has 2 aromatic heterocycles. The molecule has 1 amide bonds. The quantitative estimate of drug-likeness (QED) is 0.923. The van der Waals surface area contributed by atoms with E-state index in [2.05, 4.69) is 36.5 Å². The van der Waals surface area contributed by atoms with Crippen LogP contribution in [0.1, 0.15) is 15.5 Å². The van der Waals surface area contributed by atoms with Gasteiger partial charge in [-0.15, -0.1) is 10.2 Å². The van der Waals surface area contributed by atoms with Gasteiger partial charge in [-0.25, -0.2) is 4.68 Å². The van der Waals surface area contributed by atoms with Crippen LogP contribution in [0.2, 0.25) is 0 Å². The Balaban J connectivity index is 2.24. The number of hydrogen-bond acceptors (Lipinski definition) is 6. The van der Waals surface area contributed by atoms with Gasteiger partial charge in [0.2, 0.25) is 11.0 Å². The van der Waals surface area contributed by atoms with Crippen LogP contribution in [0, 0.1) is 6.92 Å². The summed E-state index contributed by atoms with van der Waals surface area (Å²) < 4.78 is 7.09. The Morgan fingerprint density at radius 2 is 2.22 bits per heavy atom. The van der Waals surface area contributed by atoms with E-state index < -0.39 is 0 Å². The molecule has 0 fully saturated rings. The first kappa shape index (κ1) is 13.0. The van der Waals surface area contributed by atoms with Gasteiger partial charge < -0.3 is 4.74 Å². The molecule has 0 aromatic carbocycles. The molecule has 2 aromatic rings. The van der Waals surface area contributed by atoms with Crippen LogP contribution in [0.15, 0.2) is 4.47 Å². The molecule has 0 atom stereocenters. The van der Waals surface area contributed by atoms with Gasteiger partial charge in [0.15, 0.2) is 5.69 Å². The molecule has 2 heterocycles. The van der Waals surface area contributed by atoms with Gasteiger partial charge in [-0.3, -0.25) is 10.1 Å². The second-order valence-corrected chi connectivity index (χ2v) is 5.35. The summed E-state index contributed by atoms with van der Waals surface area (Å²) in [6.45, 7) is 1.81. The fraction of sp³-hybridized carbons (Fsp3) is 0.333. The minimum atomic E-state index is -0.364.